The van der Waals surface area contributed by atoms with Crippen molar-refractivity contribution in [1.82, 2.24) is 4.98 Å². The second kappa shape index (κ2) is 4.01. The van der Waals surface area contributed by atoms with Crippen molar-refractivity contribution in [3.05, 3.63) is 15.6 Å². The summed E-state index contributed by atoms with van der Waals surface area (Å²) in [6, 6.07) is 0. The Morgan fingerprint density at radius 3 is 2.67 bits per heavy atom. The lowest BCUT2D eigenvalue weighted by molar-refractivity contribution is 0.648. The molecular weight excluding hydrogens is 168 g/mol. The predicted molar refractivity (Wildman–Crippen MR) is 53.3 cm³/mol. The molecule has 2 nitrogen and oxygen atoms in total. The molecule has 0 fully saturated rings. The first kappa shape index (κ1) is 9.68. The average molecular weight is 184 g/mol. The van der Waals surface area contributed by atoms with Crippen molar-refractivity contribution in [3.8, 4) is 0 Å². The van der Waals surface area contributed by atoms with Gasteiger partial charge in [0.05, 0.1) is 10.7 Å². The van der Waals surface area contributed by atoms with Crippen LogP contribution >= 0.6 is 11.3 Å². The second-order valence-electron chi connectivity index (χ2n) is 3.40. The zero-order valence-electron chi connectivity index (χ0n) is 7.92. The number of rotatable bonds is 3. The molecule has 2 N–H and O–H groups in total. The monoisotopic (exact) mass is 184 g/mol. The highest BCUT2D eigenvalue weighted by molar-refractivity contribution is 7.11. The van der Waals surface area contributed by atoms with Crippen LogP contribution in [0.1, 0.15) is 29.4 Å². The van der Waals surface area contributed by atoms with Gasteiger partial charge < -0.3 is 5.73 Å². The summed E-state index contributed by atoms with van der Waals surface area (Å²) in [5.41, 5.74) is 6.67. The summed E-state index contributed by atoms with van der Waals surface area (Å²) in [5, 5.41) is 1.13. The van der Waals surface area contributed by atoms with Gasteiger partial charge in [0.1, 0.15) is 0 Å². The molecule has 12 heavy (non-hydrogen) atoms. The fraction of sp³-hybridized carbons (Fsp3) is 0.667. The fourth-order valence-corrected chi connectivity index (χ4v) is 2.38. The molecule has 0 aliphatic carbocycles. The number of aromatic nitrogens is 1. The third-order valence-electron chi connectivity index (χ3n) is 1.67. The molecule has 0 saturated heterocycles. The van der Waals surface area contributed by atoms with E-state index >= 15 is 0 Å². The summed E-state index contributed by atoms with van der Waals surface area (Å²) < 4.78 is 0. The van der Waals surface area contributed by atoms with Gasteiger partial charge in [0.2, 0.25) is 0 Å². The summed E-state index contributed by atoms with van der Waals surface area (Å²) in [4.78, 5) is 5.74. The molecule has 0 aliphatic rings. The van der Waals surface area contributed by atoms with Crippen LogP contribution in [0.2, 0.25) is 0 Å². The van der Waals surface area contributed by atoms with Gasteiger partial charge in [-0.15, -0.1) is 11.3 Å². The molecule has 0 amide bonds. The first-order valence-electron chi connectivity index (χ1n) is 4.28. The van der Waals surface area contributed by atoms with Gasteiger partial charge in [0, 0.05) is 11.4 Å². The second-order valence-corrected chi connectivity index (χ2v) is 4.69. The highest BCUT2D eigenvalue weighted by Crippen LogP contribution is 2.20. The smallest absolute Gasteiger partial charge is 0.0900 e. The lowest BCUT2D eigenvalue weighted by Crippen LogP contribution is -2.02. The SMILES string of the molecule is Cc1nc(CN)c(CC(C)C)s1. The molecular formula is C9H16N2S. The third-order valence-corrected chi connectivity index (χ3v) is 2.71. The van der Waals surface area contributed by atoms with Gasteiger partial charge in [0.15, 0.2) is 0 Å². The topological polar surface area (TPSA) is 38.9 Å². The molecule has 3 heteroatoms. The molecule has 1 rings (SSSR count). The normalized spacial score (nSPS) is 11.1. The van der Waals surface area contributed by atoms with Gasteiger partial charge >= 0.3 is 0 Å². The van der Waals surface area contributed by atoms with Crippen LogP contribution in [-0.4, -0.2) is 4.98 Å². The van der Waals surface area contributed by atoms with Gasteiger partial charge in [-0.25, -0.2) is 4.98 Å². The van der Waals surface area contributed by atoms with Crippen LogP contribution in [0, 0.1) is 12.8 Å². The molecule has 0 radical (unpaired) electrons. The van der Waals surface area contributed by atoms with E-state index in [2.05, 4.69) is 18.8 Å². The van der Waals surface area contributed by atoms with Crippen molar-refractivity contribution in [3.63, 3.8) is 0 Å². The van der Waals surface area contributed by atoms with Crippen molar-refractivity contribution in [2.45, 2.75) is 33.7 Å². The molecule has 0 aliphatic heterocycles. The maximum atomic E-state index is 5.58. The quantitative estimate of drug-likeness (QED) is 0.781. The fourth-order valence-electron chi connectivity index (χ4n) is 1.20. The first-order chi connectivity index (χ1) is 5.63. The van der Waals surface area contributed by atoms with Crippen molar-refractivity contribution >= 4 is 11.3 Å². The zero-order valence-corrected chi connectivity index (χ0v) is 8.74. The minimum atomic E-state index is 0.576. The standard InChI is InChI=1S/C9H16N2S/c1-6(2)4-9-8(5-10)11-7(3)12-9/h6H,4-5,10H2,1-3H3. The first-order valence-corrected chi connectivity index (χ1v) is 5.10. The molecule has 0 bridgehead atoms. The van der Waals surface area contributed by atoms with E-state index in [1.54, 1.807) is 11.3 Å². The Kier molecular flexibility index (Phi) is 3.23. The summed E-state index contributed by atoms with van der Waals surface area (Å²) in [6.07, 6.45) is 1.11. The molecule has 1 heterocycles. The van der Waals surface area contributed by atoms with E-state index in [-0.39, 0.29) is 0 Å². The Labute approximate surface area is 77.8 Å². The van der Waals surface area contributed by atoms with E-state index < -0.39 is 0 Å². The van der Waals surface area contributed by atoms with Crippen LogP contribution in [-0.2, 0) is 13.0 Å². The maximum Gasteiger partial charge on any atom is 0.0900 e. The molecule has 0 saturated carbocycles. The molecule has 0 unspecified atom stereocenters. The number of hydrogen-bond acceptors (Lipinski definition) is 3. The number of aryl methyl sites for hydroxylation is 1. The Morgan fingerprint density at radius 2 is 2.17 bits per heavy atom. The summed E-state index contributed by atoms with van der Waals surface area (Å²) in [7, 11) is 0. The number of nitrogens with zero attached hydrogens (tertiary/aromatic N) is 1. The van der Waals surface area contributed by atoms with E-state index in [1.165, 1.54) is 4.88 Å². The number of nitrogens with two attached hydrogens (primary N) is 1. The average Bonchev–Trinajstić information content (AvgIpc) is 2.29. The maximum absolute atomic E-state index is 5.58. The van der Waals surface area contributed by atoms with Crippen molar-refractivity contribution in [2.24, 2.45) is 11.7 Å². The summed E-state index contributed by atoms with van der Waals surface area (Å²) in [6.45, 7) is 7.05. The molecule has 68 valence electrons. The minimum absolute atomic E-state index is 0.576. The molecule has 0 aromatic carbocycles. The summed E-state index contributed by atoms with van der Waals surface area (Å²) in [5.74, 6) is 0.690. The Morgan fingerprint density at radius 1 is 1.50 bits per heavy atom. The predicted octanol–water partition coefficient (Wildman–Crippen LogP) is 2.11. The lowest BCUT2D eigenvalue weighted by Gasteiger charge is -2.02. The van der Waals surface area contributed by atoms with Crippen LogP contribution in [0.3, 0.4) is 0 Å². The zero-order chi connectivity index (χ0) is 9.14. The number of thiazole rings is 1. The van der Waals surface area contributed by atoms with Crippen LogP contribution in [0.25, 0.3) is 0 Å². The van der Waals surface area contributed by atoms with E-state index in [1.807, 2.05) is 6.92 Å². The Bertz CT molecular complexity index is 253. The summed E-state index contributed by atoms with van der Waals surface area (Å²) >= 11 is 1.78. The van der Waals surface area contributed by atoms with Crippen LogP contribution < -0.4 is 5.73 Å². The largest absolute Gasteiger partial charge is 0.325 e. The van der Waals surface area contributed by atoms with Crippen LogP contribution in [0.4, 0.5) is 0 Å². The van der Waals surface area contributed by atoms with Crippen LogP contribution in [0.5, 0.6) is 0 Å². The highest BCUT2D eigenvalue weighted by atomic mass is 32.1. The molecule has 1 aromatic heterocycles. The van der Waals surface area contributed by atoms with Crippen molar-refractivity contribution in [1.29, 1.82) is 0 Å². The van der Waals surface area contributed by atoms with Gasteiger partial charge in [-0.2, -0.15) is 0 Å². The van der Waals surface area contributed by atoms with E-state index in [9.17, 15) is 0 Å². The van der Waals surface area contributed by atoms with E-state index in [4.69, 9.17) is 5.73 Å². The van der Waals surface area contributed by atoms with Crippen molar-refractivity contribution < 1.29 is 0 Å². The highest BCUT2D eigenvalue weighted by Gasteiger charge is 2.08. The van der Waals surface area contributed by atoms with Gasteiger partial charge in [-0.3, -0.25) is 0 Å². The van der Waals surface area contributed by atoms with E-state index in [0.717, 1.165) is 17.1 Å². The Balaban J connectivity index is 2.81. The lowest BCUT2D eigenvalue weighted by atomic mass is 10.1. The van der Waals surface area contributed by atoms with Crippen LogP contribution in [0.15, 0.2) is 0 Å². The molecule has 1 aromatic rings. The third kappa shape index (κ3) is 2.29. The molecule has 0 atom stereocenters. The Hall–Kier alpha value is -0.410. The van der Waals surface area contributed by atoms with Gasteiger partial charge in [-0.1, -0.05) is 13.8 Å². The van der Waals surface area contributed by atoms with Crippen molar-refractivity contribution in [2.75, 3.05) is 0 Å². The van der Waals surface area contributed by atoms with Gasteiger partial charge in [-0.05, 0) is 19.3 Å². The number of hydrogen-bond donors (Lipinski definition) is 1. The minimum Gasteiger partial charge on any atom is -0.325 e. The van der Waals surface area contributed by atoms with E-state index in [0.29, 0.717) is 12.5 Å². The molecule has 0 spiro atoms. The van der Waals surface area contributed by atoms with Gasteiger partial charge in [0.25, 0.3) is 0 Å².